The lowest BCUT2D eigenvalue weighted by Gasteiger charge is -2.16. The van der Waals surface area contributed by atoms with Crippen molar-refractivity contribution in [1.82, 2.24) is 9.97 Å². The predicted octanol–water partition coefficient (Wildman–Crippen LogP) is 0.859. The van der Waals surface area contributed by atoms with Gasteiger partial charge in [-0.1, -0.05) is 25.1 Å². The van der Waals surface area contributed by atoms with Gasteiger partial charge in [-0.2, -0.15) is 0 Å². The first kappa shape index (κ1) is 14.6. The SMILES string of the molecule is CCC(Oc1ccccc1)C(=O)Nc1c[nH]c(=O)[nH]c1=O. The van der Waals surface area contributed by atoms with E-state index in [1.807, 2.05) is 11.1 Å². The summed E-state index contributed by atoms with van der Waals surface area (Å²) in [6.45, 7) is 1.80. The smallest absolute Gasteiger partial charge is 0.325 e. The van der Waals surface area contributed by atoms with Crippen LogP contribution < -0.4 is 21.3 Å². The highest BCUT2D eigenvalue weighted by Crippen LogP contribution is 2.13. The molecule has 7 heteroatoms. The third-order valence-corrected chi connectivity index (χ3v) is 2.76. The van der Waals surface area contributed by atoms with Gasteiger partial charge in [-0.15, -0.1) is 0 Å². The fourth-order valence-corrected chi connectivity index (χ4v) is 1.70. The van der Waals surface area contributed by atoms with Crippen LogP contribution >= 0.6 is 0 Å². The average Bonchev–Trinajstić information content (AvgIpc) is 2.48. The molecule has 1 aromatic heterocycles. The van der Waals surface area contributed by atoms with Crippen LogP contribution in [0.3, 0.4) is 0 Å². The summed E-state index contributed by atoms with van der Waals surface area (Å²) in [6.07, 6.45) is 0.842. The van der Waals surface area contributed by atoms with Crippen molar-refractivity contribution >= 4 is 11.6 Å². The lowest BCUT2D eigenvalue weighted by atomic mass is 10.2. The Morgan fingerprint density at radius 3 is 2.62 bits per heavy atom. The van der Waals surface area contributed by atoms with Crippen LogP contribution in [0.1, 0.15) is 13.3 Å². The molecule has 0 spiro atoms. The lowest BCUT2D eigenvalue weighted by Crippen LogP contribution is -2.35. The van der Waals surface area contributed by atoms with Crippen molar-refractivity contribution in [2.45, 2.75) is 19.4 Å². The second-order valence-corrected chi connectivity index (χ2v) is 4.30. The van der Waals surface area contributed by atoms with Gasteiger partial charge >= 0.3 is 5.69 Å². The summed E-state index contributed by atoms with van der Waals surface area (Å²) in [7, 11) is 0. The molecule has 0 saturated heterocycles. The van der Waals surface area contributed by atoms with Gasteiger partial charge in [0, 0.05) is 6.20 Å². The highest BCUT2D eigenvalue weighted by Gasteiger charge is 2.19. The second kappa shape index (κ2) is 6.56. The number of carbonyl (C=O) groups excluding carboxylic acids is 1. The van der Waals surface area contributed by atoms with Gasteiger partial charge in [-0.3, -0.25) is 14.6 Å². The summed E-state index contributed by atoms with van der Waals surface area (Å²) in [5.74, 6) is 0.105. The Hall–Kier alpha value is -2.83. The van der Waals surface area contributed by atoms with E-state index in [9.17, 15) is 14.4 Å². The Labute approximate surface area is 120 Å². The molecular formula is C14H15N3O4. The Bertz CT molecular complexity index is 721. The Morgan fingerprint density at radius 2 is 2.00 bits per heavy atom. The van der Waals surface area contributed by atoms with Gasteiger partial charge in [0.05, 0.1) is 0 Å². The van der Waals surface area contributed by atoms with Crippen molar-refractivity contribution in [3.8, 4) is 5.75 Å². The minimum atomic E-state index is -0.737. The third-order valence-electron chi connectivity index (χ3n) is 2.76. The molecule has 1 unspecified atom stereocenters. The second-order valence-electron chi connectivity index (χ2n) is 4.30. The number of amides is 1. The van der Waals surface area contributed by atoms with Crippen LogP contribution in [0.2, 0.25) is 0 Å². The first-order chi connectivity index (χ1) is 10.1. The quantitative estimate of drug-likeness (QED) is 0.759. The highest BCUT2D eigenvalue weighted by atomic mass is 16.5. The van der Waals surface area contributed by atoms with Gasteiger partial charge in [0.2, 0.25) is 0 Å². The van der Waals surface area contributed by atoms with E-state index in [4.69, 9.17) is 4.74 Å². The summed E-state index contributed by atoms with van der Waals surface area (Å²) < 4.78 is 5.57. The van der Waals surface area contributed by atoms with Crippen molar-refractivity contribution in [2.75, 3.05) is 5.32 Å². The van der Waals surface area contributed by atoms with E-state index in [1.165, 1.54) is 0 Å². The molecular weight excluding hydrogens is 274 g/mol. The normalized spacial score (nSPS) is 11.7. The van der Waals surface area contributed by atoms with E-state index in [1.54, 1.807) is 31.2 Å². The molecule has 2 aromatic rings. The molecule has 0 aliphatic heterocycles. The third kappa shape index (κ3) is 3.82. The summed E-state index contributed by atoms with van der Waals surface area (Å²) >= 11 is 0. The van der Waals surface area contributed by atoms with E-state index in [0.29, 0.717) is 12.2 Å². The number of rotatable bonds is 5. The topological polar surface area (TPSA) is 104 Å². The molecule has 0 saturated carbocycles. The Kier molecular flexibility index (Phi) is 4.55. The fourth-order valence-electron chi connectivity index (χ4n) is 1.70. The minimum absolute atomic E-state index is 0.0327. The minimum Gasteiger partial charge on any atom is -0.481 e. The number of para-hydroxylation sites is 1. The summed E-state index contributed by atoms with van der Waals surface area (Å²) in [5.41, 5.74) is -1.33. The van der Waals surface area contributed by atoms with Crippen molar-refractivity contribution in [1.29, 1.82) is 0 Å². The van der Waals surface area contributed by atoms with E-state index in [0.717, 1.165) is 6.20 Å². The van der Waals surface area contributed by atoms with Gasteiger partial charge in [0.25, 0.3) is 11.5 Å². The van der Waals surface area contributed by atoms with Gasteiger partial charge in [-0.05, 0) is 18.6 Å². The van der Waals surface area contributed by atoms with Crippen LogP contribution in [0.4, 0.5) is 5.69 Å². The molecule has 0 radical (unpaired) electrons. The first-order valence-corrected chi connectivity index (χ1v) is 6.44. The monoisotopic (exact) mass is 289 g/mol. The first-order valence-electron chi connectivity index (χ1n) is 6.44. The number of hydrogen-bond acceptors (Lipinski definition) is 4. The van der Waals surface area contributed by atoms with Crippen LogP contribution in [0.5, 0.6) is 5.75 Å². The van der Waals surface area contributed by atoms with Crippen LogP contribution in [0.15, 0.2) is 46.1 Å². The van der Waals surface area contributed by atoms with E-state index >= 15 is 0 Å². The number of hydrogen-bond donors (Lipinski definition) is 3. The van der Waals surface area contributed by atoms with Crippen molar-refractivity contribution in [3.63, 3.8) is 0 Å². The Balaban J connectivity index is 2.10. The molecule has 7 nitrogen and oxygen atoms in total. The molecule has 3 N–H and O–H groups in total. The maximum atomic E-state index is 12.1. The molecule has 1 amide bonds. The van der Waals surface area contributed by atoms with Crippen molar-refractivity contribution in [2.24, 2.45) is 0 Å². The molecule has 0 aliphatic rings. The van der Waals surface area contributed by atoms with Crippen molar-refractivity contribution < 1.29 is 9.53 Å². The average molecular weight is 289 g/mol. The molecule has 1 heterocycles. The van der Waals surface area contributed by atoms with Crippen LogP contribution in [-0.2, 0) is 4.79 Å². The molecule has 21 heavy (non-hydrogen) atoms. The number of nitrogens with one attached hydrogen (secondary N) is 3. The molecule has 2 rings (SSSR count). The fraction of sp³-hybridized carbons (Fsp3) is 0.214. The summed E-state index contributed by atoms with van der Waals surface area (Å²) in [5, 5.41) is 2.43. The molecule has 110 valence electrons. The van der Waals surface area contributed by atoms with Gasteiger partial charge in [-0.25, -0.2) is 4.79 Å². The number of anilines is 1. The van der Waals surface area contributed by atoms with E-state index < -0.39 is 23.3 Å². The molecule has 1 aromatic carbocycles. The maximum Gasteiger partial charge on any atom is 0.325 e. The van der Waals surface area contributed by atoms with Gasteiger partial charge < -0.3 is 15.0 Å². The van der Waals surface area contributed by atoms with Crippen LogP contribution in [0.25, 0.3) is 0 Å². The van der Waals surface area contributed by atoms with Crippen LogP contribution in [0, 0.1) is 0 Å². The predicted molar refractivity (Wildman–Crippen MR) is 77.5 cm³/mol. The number of benzene rings is 1. The van der Waals surface area contributed by atoms with E-state index in [-0.39, 0.29) is 5.69 Å². The van der Waals surface area contributed by atoms with Gasteiger partial charge in [0.15, 0.2) is 6.10 Å². The molecule has 1 atom stereocenters. The summed E-state index contributed by atoms with van der Waals surface area (Å²) in [4.78, 5) is 38.8. The summed E-state index contributed by atoms with van der Waals surface area (Å²) in [6, 6.07) is 8.92. The molecule has 0 bridgehead atoms. The lowest BCUT2D eigenvalue weighted by molar-refractivity contribution is -0.122. The number of carbonyl (C=O) groups is 1. The van der Waals surface area contributed by atoms with Crippen molar-refractivity contribution in [3.05, 3.63) is 57.4 Å². The number of H-pyrrole nitrogens is 2. The molecule has 0 aliphatic carbocycles. The van der Waals surface area contributed by atoms with E-state index in [2.05, 4.69) is 10.3 Å². The standard InChI is InChI=1S/C14H15N3O4/c1-2-11(21-9-6-4-3-5-7-9)13(19)16-10-8-15-14(20)17-12(10)18/h3-8,11H,2H2,1H3,(H,16,19)(H2,15,17,18,20). The largest absolute Gasteiger partial charge is 0.481 e. The zero-order valence-electron chi connectivity index (χ0n) is 11.4. The Morgan fingerprint density at radius 1 is 1.29 bits per heavy atom. The highest BCUT2D eigenvalue weighted by molar-refractivity contribution is 5.94. The molecule has 0 fully saturated rings. The van der Waals surface area contributed by atoms with Crippen LogP contribution in [-0.4, -0.2) is 22.0 Å². The van der Waals surface area contributed by atoms with Gasteiger partial charge in [0.1, 0.15) is 11.4 Å². The maximum absolute atomic E-state index is 12.1. The zero-order valence-corrected chi connectivity index (χ0v) is 11.4. The number of aromatic nitrogens is 2. The number of ether oxygens (including phenoxy) is 1. The zero-order chi connectivity index (χ0) is 15.2. The number of aromatic amines is 2.